The molecule has 2 aromatic rings. The number of hydrogen-bond donors (Lipinski definition) is 1. The lowest BCUT2D eigenvalue weighted by atomic mass is 9.97. The second kappa shape index (κ2) is 6.39. The SMILES string of the molecule is COc1ccc(C(=CC(N)=O)c2ccccc2Br)cc1. The van der Waals surface area contributed by atoms with Gasteiger partial charge in [0.2, 0.25) is 5.91 Å². The Morgan fingerprint density at radius 1 is 1.15 bits per heavy atom. The molecule has 0 unspecified atom stereocenters. The summed E-state index contributed by atoms with van der Waals surface area (Å²) in [6.07, 6.45) is 1.43. The van der Waals surface area contributed by atoms with E-state index in [9.17, 15) is 4.79 Å². The summed E-state index contributed by atoms with van der Waals surface area (Å²) in [5.74, 6) is 0.283. The fraction of sp³-hybridized carbons (Fsp3) is 0.0625. The molecule has 2 aromatic carbocycles. The highest BCUT2D eigenvalue weighted by Crippen LogP contribution is 2.30. The number of benzene rings is 2. The zero-order valence-corrected chi connectivity index (χ0v) is 12.6. The van der Waals surface area contributed by atoms with Crippen LogP contribution in [0.25, 0.3) is 5.57 Å². The van der Waals surface area contributed by atoms with Crippen LogP contribution in [0.1, 0.15) is 11.1 Å². The maximum atomic E-state index is 11.3. The molecule has 0 aliphatic rings. The first-order chi connectivity index (χ1) is 9.61. The van der Waals surface area contributed by atoms with Gasteiger partial charge in [-0.2, -0.15) is 0 Å². The molecule has 0 aromatic heterocycles. The van der Waals surface area contributed by atoms with Crippen molar-refractivity contribution in [3.8, 4) is 5.75 Å². The van der Waals surface area contributed by atoms with E-state index in [0.29, 0.717) is 0 Å². The molecule has 0 saturated heterocycles. The van der Waals surface area contributed by atoms with Crippen LogP contribution in [0.2, 0.25) is 0 Å². The van der Waals surface area contributed by atoms with Crippen molar-refractivity contribution in [2.75, 3.05) is 7.11 Å². The minimum Gasteiger partial charge on any atom is -0.497 e. The van der Waals surface area contributed by atoms with Crippen molar-refractivity contribution in [2.45, 2.75) is 0 Å². The van der Waals surface area contributed by atoms with Crippen LogP contribution in [0.15, 0.2) is 59.1 Å². The third kappa shape index (κ3) is 3.27. The van der Waals surface area contributed by atoms with Crippen molar-refractivity contribution >= 4 is 27.4 Å². The van der Waals surface area contributed by atoms with Crippen molar-refractivity contribution in [3.05, 3.63) is 70.2 Å². The van der Waals surface area contributed by atoms with Crippen LogP contribution in [-0.2, 0) is 4.79 Å². The van der Waals surface area contributed by atoms with Crippen LogP contribution in [0, 0.1) is 0 Å². The average molecular weight is 332 g/mol. The summed E-state index contributed by atoms with van der Waals surface area (Å²) in [6, 6.07) is 15.2. The maximum absolute atomic E-state index is 11.3. The first-order valence-corrected chi connectivity index (χ1v) is 6.81. The van der Waals surface area contributed by atoms with Gasteiger partial charge in [0, 0.05) is 10.5 Å². The van der Waals surface area contributed by atoms with Gasteiger partial charge in [-0.1, -0.05) is 46.3 Å². The van der Waals surface area contributed by atoms with Crippen LogP contribution < -0.4 is 10.5 Å². The summed E-state index contributed by atoms with van der Waals surface area (Å²) in [6.45, 7) is 0. The van der Waals surface area contributed by atoms with E-state index in [1.807, 2.05) is 48.5 Å². The van der Waals surface area contributed by atoms with Gasteiger partial charge in [-0.25, -0.2) is 0 Å². The molecule has 4 heteroatoms. The molecule has 0 bridgehead atoms. The van der Waals surface area contributed by atoms with E-state index in [0.717, 1.165) is 26.9 Å². The second-order valence-corrected chi connectivity index (χ2v) is 5.02. The highest BCUT2D eigenvalue weighted by molar-refractivity contribution is 9.10. The lowest BCUT2D eigenvalue weighted by Gasteiger charge is -2.10. The Labute approximate surface area is 126 Å². The van der Waals surface area contributed by atoms with Crippen molar-refractivity contribution in [2.24, 2.45) is 5.73 Å². The number of nitrogens with two attached hydrogens (primary N) is 1. The predicted octanol–water partition coefficient (Wildman–Crippen LogP) is 3.37. The van der Waals surface area contributed by atoms with Gasteiger partial charge in [0.05, 0.1) is 7.11 Å². The molecule has 3 nitrogen and oxygen atoms in total. The zero-order valence-electron chi connectivity index (χ0n) is 11.0. The van der Waals surface area contributed by atoms with E-state index in [1.54, 1.807) is 7.11 Å². The molecule has 20 heavy (non-hydrogen) atoms. The first-order valence-electron chi connectivity index (χ1n) is 6.02. The summed E-state index contributed by atoms with van der Waals surface area (Å²) < 4.78 is 6.04. The third-order valence-corrected chi connectivity index (χ3v) is 3.54. The van der Waals surface area contributed by atoms with Gasteiger partial charge >= 0.3 is 0 Å². The molecule has 0 aliphatic carbocycles. The van der Waals surface area contributed by atoms with Crippen LogP contribution in [0.3, 0.4) is 0 Å². The molecular formula is C16H14BrNO2. The highest BCUT2D eigenvalue weighted by atomic mass is 79.9. The number of hydrogen-bond acceptors (Lipinski definition) is 2. The van der Waals surface area contributed by atoms with Crippen LogP contribution in [-0.4, -0.2) is 13.0 Å². The van der Waals surface area contributed by atoms with E-state index >= 15 is 0 Å². The molecule has 2 N–H and O–H groups in total. The van der Waals surface area contributed by atoms with Crippen molar-refractivity contribution in [1.29, 1.82) is 0 Å². The second-order valence-electron chi connectivity index (χ2n) is 4.17. The molecule has 0 aliphatic heterocycles. The Morgan fingerprint density at radius 3 is 2.35 bits per heavy atom. The number of rotatable bonds is 4. The summed E-state index contributed by atoms with van der Waals surface area (Å²) in [5.41, 5.74) is 7.90. The molecule has 0 heterocycles. The van der Waals surface area contributed by atoms with Gasteiger partial charge in [-0.15, -0.1) is 0 Å². The Balaban J connectivity index is 2.53. The number of halogens is 1. The minimum absolute atomic E-state index is 0.480. The standard InChI is InChI=1S/C16H14BrNO2/c1-20-12-8-6-11(7-9-12)14(10-16(18)19)13-4-2-3-5-15(13)17/h2-10H,1H3,(H2,18,19). The fourth-order valence-corrected chi connectivity index (χ4v) is 2.41. The number of methoxy groups -OCH3 is 1. The van der Waals surface area contributed by atoms with Gasteiger partial charge in [0.25, 0.3) is 0 Å². The molecular weight excluding hydrogens is 318 g/mol. The molecule has 0 atom stereocenters. The summed E-state index contributed by atoms with van der Waals surface area (Å²) in [7, 11) is 1.61. The Bertz CT molecular complexity index is 648. The monoisotopic (exact) mass is 331 g/mol. The quantitative estimate of drug-likeness (QED) is 0.873. The van der Waals surface area contributed by atoms with Gasteiger partial charge in [-0.3, -0.25) is 4.79 Å². The van der Waals surface area contributed by atoms with Gasteiger partial charge in [0.15, 0.2) is 0 Å². The molecule has 0 saturated carbocycles. The number of ether oxygens (including phenoxy) is 1. The Hall–Kier alpha value is -2.07. The van der Waals surface area contributed by atoms with Crippen molar-refractivity contribution in [3.63, 3.8) is 0 Å². The summed E-state index contributed by atoms with van der Waals surface area (Å²) in [4.78, 5) is 11.3. The van der Waals surface area contributed by atoms with Crippen LogP contribution in [0.5, 0.6) is 5.75 Å². The lowest BCUT2D eigenvalue weighted by Crippen LogP contribution is -2.07. The van der Waals surface area contributed by atoms with E-state index in [4.69, 9.17) is 10.5 Å². The van der Waals surface area contributed by atoms with Gasteiger partial charge in [-0.05, 0) is 34.9 Å². The summed E-state index contributed by atoms with van der Waals surface area (Å²) in [5, 5.41) is 0. The Morgan fingerprint density at radius 2 is 1.80 bits per heavy atom. The number of carbonyl (C=O) groups is 1. The normalized spacial score (nSPS) is 11.2. The lowest BCUT2D eigenvalue weighted by molar-refractivity contribution is -0.113. The molecule has 102 valence electrons. The van der Waals surface area contributed by atoms with E-state index < -0.39 is 5.91 Å². The summed E-state index contributed by atoms with van der Waals surface area (Å²) >= 11 is 3.49. The van der Waals surface area contributed by atoms with Crippen LogP contribution >= 0.6 is 15.9 Å². The van der Waals surface area contributed by atoms with E-state index in [-0.39, 0.29) is 0 Å². The maximum Gasteiger partial charge on any atom is 0.242 e. The van der Waals surface area contributed by atoms with Crippen molar-refractivity contribution < 1.29 is 9.53 Å². The van der Waals surface area contributed by atoms with Crippen LogP contribution in [0.4, 0.5) is 0 Å². The number of amides is 1. The van der Waals surface area contributed by atoms with Crippen molar-refractivity contribution in [1.82, 2.24) is 0 Å². The number of carbonyl (C=O) groups excluding carboxylic acids is 1. The predicted molar refractivity (Wildman–Crippen MR) is 83.4 cm³/mol. The molecule has 0 spiro atoms. The topological polar surface area (TPSA) is 52.3 Å². The largest absolute Gasteiger partial charge is 0.497 e. The van der Waals surface area contributed by atoms with Gasteiger partial charge < -0.3 is 10.5 Å². The molecule has 2 rings (SSSR count). The molecule has 1 amide bonds. The smallest absolute Gasteiger partial charge is 0.242 e. The first kappa shape index (κ1) is 14.3. The molecule has 0 fully saturated rings. The van der Waals surface area contributed by atoms with Gasteiger partial charge in [0.1, 0.15) is 5.75 Å². The third-order valence-electron chi connectivity index (χ3n) is 2.85. The average Bonchev–Trinajstić information content (AvgIpc) is 2.46. The molecule has 0 radical (unpaired) electrons. The minimum atomic E-state index is -0.480. The van der Waals surface area contributed by atoms with E-state index in [1.165, 1.54) is 6.08 Å². The van der Waals surface area contributed by atoms with E-state index in [2.05, 4.69) is 15.9 Å². The fourth-order valence-electron chi connectivity index (χ4n) is 1.91. The Kier molecular flexibility index (Phi) is 4.58. The highest BCUT2D eigenvalue weighted by Gasteiger charge is 2.10. The number of primary amides is 1. The zero-order chi connectivity index (χ0) is 14.5.